The number of Topliss-reactive ketones (excluding diaryl/α,β-unsaturated/α-hetero) is 2. The molecule has 0 aromatic heterocycles. The number of carbonyl (C=O) groups excluding carboxylic acids is 2. The second-order valence-electron chi connectivity index (χ2n) is 28.9. The lowest BCUT2D eigenvalue weighted by Crippen LogP contribution is -2.67. The molecule has 1 aliphatic heterocycles. The molecule has 1 fully saturated rings. The molecule has 0 spiro atoms. The Bertz CT molecular complexity index is 2290. The first-order valence-electron chi connectivity index (χ1n) is 29.8. The summed E-state index contributed by atoms with van der Waals surface area (Å²) in [6, 6.07) is 31.7. The number of benzene rings is 3. The monoisotopic (exact) mass is 1160 g/mol. The van der Waals surface area contributed by atoms with E-state index in [0.717, 1.165) is 12.0 Å². The second-order valence-corrected chi connectivity index (χ2v) is 47.5. The van der Waals surface area contributed by atoms with Gasteiger partial charge in [-0.15, -0.1) is 6.58 Å². The summed E-state index contributed by atoms with van der Waals surface area (Å²) >= 11 is 0. The largest absolute Gasteiger partial charge is 0.413 e. The highest BCUT2D eigenvalue weighted by atomic mass is 28.4. The molecule has 0 unspecified atom stereocenters. The lowest BCUT2D eigenvalue weighted by molar-refractivity contribution is -0.314. The highest BCUT2D eigenvalue weighted by Crippen LogP contribution is 2.44. The van der Waals surface area contributed by atoms with E-state index in [0.29, 0.717) is 51.9 Å². The van der Waals surface area contributed by atoms with Gasteiger partial charge in [0.15, 0.2) is 30.7 Å². The Kier molecular flexibility index (Phi) is 24.6. The van der Waals surface area contributed by atoms with E-state index in [1.807, 2.05) is 38.1 Å². The second kappa shape index (κ2) is 28.3. The van der Waals surface area contributed by atoms with Gasteiger partial charge in [-0.05, 0) is 108 Å². The van der Waals surface area contributed by atoms with Crippen LogP contribution in [0, 0.1) is 11.8 Å². The first-order chi connectivity index (χ1) is 36.4. The maximum absolute atomic E-state index is 14.9. The lowest BCUT2D eigenvalue weighted by Gasteiger charge is -2.46. The third kappa shape index (κ3) is 19.4. The molecule has 1 aliphatic rings. The molecule has 0 aliphatic carbocycles. The minimum Gasteiger partial charge on any atom is -0.413 e. The molecule has 1 saturated heterocycles. The third-order valence-corrected chi connectivity index (χ3v) is 36.5. The maximum atomic E-state index is 14.9. The van der Waals surface area contributed by atoms with Gasteiger partial charge in [0, 0.05) is 50.5 Å². The molecule has 1 heterocycles. The average molecular weight is 1160 g/mol. The highest BCUT2D eigenvalue weighted by molar-refractivity contribution is 6.99. The van der Waals surface area contributed by atoms with Gasteiger partial charge in [-0.25, -0.2) is 0 Å². The van der Waals surface area contributed by atoms with Crippen LogP contribution in [0.3, 0.4) is 0 Å². The maximum Gasteiger partial charge on any atom is 0.261 e. The Morgan fingerprint density at radius 2 is 1.11 bits per heavy atom. The van der Waals surface area contributed by atoms with Crippen LogP contribution >= 0.6 is 0 Å². The number of carbonyl (C=O) groups is 2. The summed E-state index contributed by atoms with van der Waals surface area (Å²) < 4.78 is 48.8. The van der Waals surface area contributed by atoms with Crippen molar-refractivity contribution in [1.29, 1.82) is 0 Å². The number of ether oxygens (including phenoxy) is 3. The van der Waals surface area contributed by atoms with Gasteiger partial charge in [0.25, 0.3) is 8.32 Å². The predicted octanol–water partition coefficient (Wildman–Crippen LogP) is 16.2. The number of hydrogen-bond acceptors (Lipinski definition) is 9. The van der Waals surface area contributed by atoms with Crippen LogP contribution in [0.4, 0.5) is 0 Å². The van der Waals surface area contributed by atoms with Crippen LogP contribution in [0.25, 0.3) is 0 Å². The molecule has 9 nitrogen and oxygen atoms in total. The molecule has 13 heteroatoms. The summed E-state index contributed by atoms with van der Waals surface area (Å²) in [7, 11) is -9.97. The molecular weight excluding hydrogens is 1050 g/mol. The minimum atomic E-state index is -2.86. The highest BCUT2D eigenvalue weighted by Gasteiger charge is 2.52. The first-order valence-corrected chi connectivity index (χ1v) is 40.4. The van der Waals surface area contributed by atoms with Gasteiger partial charge in [0.2, 0.25) is 0 Å². The van der Waals surface area contributed by atoms with E-state index in [1.165, 1.54) is 10.4 Å². The summed E-state index contributed by atoms with van der Waals surface area (Å²) in [6.45, 7) is 52.5. The smallest absolute Gasteiger partial charge is 0.261 e. The molecule has 79 heavy (non-hydrogen) atoms. The molecule has 0 amide bonds. The molecule has 0 radical (unpaired) electrons. The van der Waals surface area contributed by atoms with E-state index in [2.05, 4.69) is 209 Å². The van der Waals surface area contributed by atoms with Crippen molar-refractivity contribution in [2.75, 3.05) is 13.2 Å². The Hall–Kier alpha value is -2.67. The Balaban J connectivity index is 1.60. The zero-order valence-corrected chi connectivity index (χ0v) is 57.4. The van der Waals surface area contributed by atoms with Gasteiger partial charge in [0.05, 0.1) is 43.7 Å². The van der Waals surface area contributed by atoms with Crippen molar-refractivity contribution >= 4 is 55.2 Å². The molecule has 3 aromatic carbocycles. The minimum absolute atomic E-state index is 0.00985. The fraction of sp³-hybridized carbons (Fsp3) is 0.667. The molecule has 3 aromatic rings. The van der Waals surface area contributed by atoms with Crippen LogP contribution < -0.4 is 10.4 Å². The van der Waals surface area contributed by atoms with E-state index < -0.39 is 45.2 Å². The summed E-state index contributed by atoms with van der Waals surface area (Å²) in [4.78, 5) is 29.5. The topological polar surface area (TPSA) is 98.8 Å². The first kappa shape index (κ1) is 68.8. The van der Waals surface area contributed by atoms with Crippen molar-refractivity contribution in [1.82, 2.24) is 0 Å². The fourth-order valence-electron chi connectivity index (χ4n) is 10.3. The van der Waals surface area contributed by atoms with Crippen LogP contribution in [0.2, 0.25) is 59.4 Å². The Morgan fingerprint density at radius 3 is 1.58 bits per heavy atom. The fourth-order valence-corrected chi connectivity index (χ4v) is 19.0. The van der Waals surface area contributed by atoms with E-state index in [4.69, 9.17) is 31.9 Å². The van der Waals surface area contributed by atoms with Crippen molar-refractivity contribution in [2.24, 2.45) is 11.8 Å². The van der Waals surface area contributed by atoms with Gasteiger partial charge in [-0.2, -0.15) is 0 Å². The van der Waals surface area contributed by atoms with Crippen LogP contribution in [0.1, 0.15) is 161 Å². The lowest BCUT2D eigenvalue weighted by atomic mass is 9.87. The average Bonchev–Trinajstić information content (AvgIpc) is 3.39. The standard InChI is InChI=1S/C66H110O9Si4/c1-23-51(48-70-79(65(12,13)14,56-39-30-26-31-40-56)57-41-32-27-33-42-57)59(74-77(19,20)63(6,7)8)44-52(67)37-34-38-54(73-76(17,18)62(3,4)5)43-53(68)45-61(75-78(21,22)64(9,10)11)58(24-2)60-46-55(71-66(15,16)72-60)49-69-47-50-35-28-25-29-36-50/h24-33,35-36,39-42,51,54-55,58-61H,2,23,34,37-38,43-49H2,1,3-22H3/t51-,54+,55-,58+,59-,60+,61+/m1/s1. The van der Waals surface area contributed by atoms with Crippen LogP contribution in [0.15, 0.2) is 104 Å². The van der Waals surface area contributed by atoms with Crippen molar-refractivity contribution in [3.05, 3.63) is 109 Å². The van der Waals surface area contributed by atoms with Gasteiger partial charge >= 0.3 is 0 Å². The van der Waals surface area contributed by atoms with Crippen molar-refractivity contribution in [3.63, 3.8) is 0 Å². The van der Waals surface area contributed by atoms with Crippen molar-refractivity contribution in [3.8, 4) is 0 Å². The molecule has 0 N–H and O–H groups in total. The van der Waals surface area contributed by atoms with E-state index >= 15 is 0 Å². The summed E-state index contributed by atoms with van der Waals surface area (Å²) in [5, 5.41) is 2.04. The predicted molar refractivity (Wildman–Crippen MR) is 340 cm³/mol. The third-order valence-electron chi connectivity index (χ3n) is 18.0. The van der Waals surface area contributed by atoms with Crippen LogP contribution in [-0.2, 0) is 48.1 Å². The molecule has 4 rings (SSSR count). The summed E-state index contributed by atoms with van der Waals surface area (Å²) in [5.41, 5.74) is 1.10. The zero-order valence-electron chi connectivity index (χ0n) is 53.4. The van der Waals surface area contributed by atoms with Crippen LogP contribution in [0.5, 0.6) is 0 Å². The molecule has 7 atom stereocenters. The van der Waals surface area contributed by atoms with E-state index in [9.17, 15) is 9.59 Å². The quantitative estimate of drug-likeness (QED) is 0.0477. The van der Waals surface area contributed by atoms with Gasteiger partial charge in [-0.1, -0.05) is 187 Å². The Morgan fingerprint density at radius 1 is 0.646 bits per heavy atom. The number of hydrogen-bond donors (Lipinski definition) is 0. The summed E-state index contributed by atoms with van der Waals surface area (Å²) in [5.74, 6) is -0.941. The molecule has 0 bridgehead atoms. The van der Waals surface area contributed by atoms with Crippen molar-refractivity contribution < 1.29 is 41.5 Å². The van der Waals surface area contributed by atoms with E-state index in [1.54, 1.807) is 0 Å². The Labute approximate surface area is 486 Å². The SMILES string of the molecule is C=C[C@@H]([C@@H]1C[C@H](COCc2ccccc2)OC(C)(C)O1)[C@H](CC(=O)C[C@H](CCCC(=O)C[C@@H](O[Si](C)(C)C(C)(C)C)[C@H](CC)CO[Si](c1ccccc1)(c1ccccc1)C(C)(C)C)O[Si](C)(C)C(C)(C)C)O[Si](C)(C)C(C)(C)C. The molecule has 0 saturated carbocycles. The number of rotatable bonds is 30. The molecular formula is C66H110O9Si4. The normalized spacial score (nSPS) is 19.1. The summed E-state index contributed by atoms with van der Waals surface area (Å²) in [6.07, 6.45) is 3.92. The van der Waals surface area contributed by atoms with Gasteiger partial charge in [-0.3, -0.25) is 9.59 Å². The van der Waals surface area contributed by atoms with Crippen molar-refractivity contribution in [2.45, 2.75) is 258 Å². The molecule has 444 valence electrons. The van der Waals surface area contributed by atoms with Gasteiger partial charge in [0.1, 0.15) is 11.6 Å². The van der Waals surface area contributed by atoms with E-state index in [-0.39, 0.29) is 80.8 Å². The van der Waals surface area contributed by atoms with Gasteiger partial charge < -0.3 is 31.9 Å². The number of ketones is 2. The zero-order chi connectivity index (χ0) is 59.5. The van der Waals surface area contributed by atoms with Crippen LogP contribution in [-0.4, -0.2) is 94.4 Å².